The fourth-order valence-corrected chi connectivity index (χ4v) is 3.54. The molecule has 2 N–H and O–H groups in total. The van der Waals surface area contributed by atoms with Crippen molar-refractivity contribution in [2.24, 2.45) is 17.6 Å². The summed E-state index contributed by atoms with van der Waals surface area (Å²) in [6.07, 6.45) is 10.9. The van der Waals surface area contributed by atoms with Crippen molar-refractivity contribution in [1.82, 2.24) is 0 Å². The molecule has 3 nitrogen and oxygen atoms in total. The largest absolute Gasteiger partial charge is 0.381 e. The van der Waals surface area contributed by atoms with E-state index in [2.05, 4.69) is 0 Å². The fraction of sp³-hybridized carbons (Fsp3) is 1.00. The third-order valence-electron chi connectivity index (χ3n) is 4.83. The summed E-state index contributed by atoms with van der Waals surface area (Å²) < 4.78 is 11.6. The lowest BCUT2D eigenvalue weighted by Gasteiger charge is -2.33. The van der Waals surface area contributed by atoms with Crippen LogP contribution in [0, 0.1) is 11.8 Å². The summed E-state index contributed by atoms with van der Waals surface area (Å²) in [7, 11) is 1.82. The van der Waals surface area contributed by atoms with Crippen LogP contribution in [0.15, 0.2) is 0 Å². The van der Waals surface area contributed by atoms with E-state index in [0.29, 0.717) is 24.0 Å². The monoisotopic (exact) mass is 255 g/mol. The Hall–Kier alpha value is -0.120. The smallest absolute Gasteiger partial charge is 0.0600 e. The van der Waals surface area contributed by atoms with Gasteiger partial charge < -0.3 is 15.2 Å². The number of hydrogen-bond donors (Lipinski definition) is 1. The summed E-state index contributed by atoms with van der Waals surface area (Å²) in [5.41, 5.74) is 5.87. The van der Waals surface area contributed by atoms with Crippen molar-refractivity contribution in [3.8, 4) is 0 Å². The van der Waals surface area contributed by atoms with Crippen molar-refractivity contribution in [2.45, 2.75) is 63.6 Å². The van der Waals surface area contributed by atoms with Gasteiger partial charge in [0.15, 0.2) is 0 Å². The minimum Gasteiger partial charge on any atom is -0.381 e. The molecule has 0 spiro atoms. The number of hydrogen-bond acceptors (Lipinski definition) is 3. The Morgan fingerprint density at radius 3 is 2.39 bits per heavy atom. The van der Waals surface area contributed by atoms with Gasteiger partial charge in [-0.1, -0.05) is 12.8 Å². The zero-order valence-corrected chi connectivity index (χ0v) is 11.8. The lowest BCUT2D eigenvalue weighted by atomic mass is 9.80. The standard InChI is InChI=1S/C15H29NO2/c1-17-14-7-4-8-15(9-14)18-11-13-6-3-2-5-12(13)10-16/h12-15H,2-11,16H2,1H3. The zero-order valence-electron chi connectivity index (χ0n) is 11.8. The van der Waals surface area contributed by atoms with Gasteiger partial charge >= 0.3 is 0 Å². The van der Waals surface area contributed by atoms with E-state index in [4.69, 9.17) is 15.2 Å². The molecule has 0 bridgehead atoms. The van der Waals surface area contributed by atoms with E-state index in [9.17, 15) is 0 Å². The first-order chi connectivity index (χ1) is 8.83. The van der Waals surface area contributed by atoms with Crippen LogP contribution in [0.1, 0.15) is 51.4 Å². The molecule has 2 rings (SSSR count). The van der Waals surface area contributed by atoms with Crippen LogP contribution in [0.25, 0.3) is 0 Å². The second-order valence-electron chi connectivity index (χ2n) is 6.02. The minimum atomic E-state index is 0.417. The van der Waals surface area contributed by atoms with Crippen LogP contribution in [-0.2, 0) is 9.47 Å². The van der Waals surface area contributed by atoms with E-state index in [0.717, 1.165) is 19.6 Å². The highest BCUT2D eigenvalue weighted by Gasteiger charge is 2.27. The third kappa shape index (κ3) is 3.94. The van der Waals surface area contributed by atoms with Gasteiger partial charge in [-0.05, 0) is 56.9 Å². The first-order valence-electron chi connectivity index (χ1n) is 7.68. The topological polar surface area (TPSA) is 44.5 Å². The maximum absolute atomic E-state index is 6.15. The average Bonchev–Trinajstić information content (AvgIpc) is 2.45. The first-order valence-corrected chi connectivity index (χ1v) is 7.68. The first kappa shape index (κ1) is 14.3. The molecular formula is C15H29NO2. The molecule has 4 unspecified atom stereocenters. The molecule has 2 fully saturated rings. The Morgan fingerprint density at radius 1 is 0.944 bits per heavy atom. The SMILES string of the molecule is COC1CCCC(OCC2CCCCC2CN)C1. The second kappa shape index (κ2) is 7.46. The molecule has 4 atom stereocenters. The molecule has 0 aliphatic heterocycles. The van der Waals surface area contributed by atoms with Gasteiger partial charge in [0.2, 0.25) is 0 Å². The molecule has 0 heterocycles. The van der Waals surface area contributed by atoms with Gasteiger partial charge in [-0.3, -0.25) is 0 Å². The van der Waals surface area contributed by atoms with Gasteiger partial charge in [0.05, 0.1) is 18.8 Å². The average molecular weight is 255 g/mol. The highest BCUT2D eigenvalue weighted by atomic mass is 16.5. The maximum atomic E-state index is 6.15. The van der Waals surface area contributed by atoms with E-state index < -0.39 is 0 Å². The van der Waals surface area contributed by atoms with Gasteiger partial charge in [-0.15, -0.1) is 0 Å². The Labute approximate surface area is 111 Å². The molecule has 2 aliphatic carbocycles. The predicted octanol–water partition coefficient (Wildman–Crippen LogP) is 2.73. The molecule has 0 radical (unpaired) electrons. The normalized spacial score (nSPS) is 37.7. The second-order valence-corrected chi connectivity index (χ2v) is 6.02. The van der Waals surface area contributed by atoms with Crippen molar-refractivity contribution < 1.29 is 9.47 Å². The Kier molecular flexibility index (Phi) is 5.93. The summed E-state index contributed by atoms with van der Waals surface area (Å²) in [5, 5.41) is 0. The van der Waals surface area contributed by atoms with Crippen molar-refractivity contribution >= 4 is 0 Å². The molecule has 18 heavy (non-hydrogen) atoms. The summed E-state index contributed by atoms with van der Waals surface area (Å²) in [5.74, 6) is 1.40. The van der Waals surface area contributed by atoms with Crippen LogP contribution < -0.4 is 5.73 Å². The van der Waals surface area contributed by atoms with Gasteiger partial charge in [-0.2, -0.15) is 0 Å². The molecular weight excluding hydrogens is 226 g/mol. The predicted molar refractivity (Wildman–Crippen MR) is 73.5 cm³/mol. The molecule has 0 amide bonds. The van der Waals surface area contributed by atoms with Gasteiger partial charge in [-0.25, -0.2) is 0 Å². The highest BCUT2D eigenvalue weighted by molar-refractivity contribution is 4.78. The van der Waals surface area contributed by atoms with Crippen molar-refractivity contribution in [3.63, 3.8) is 0 Å². The quantitative estimate of drug-likeness (QED) is 0.821. The highest BCUT2D eigenvalue weighted by Crippen LogP contribution is 2.31. The van der Waals surface area contributed by atoms with Crippen molar-refractivity contribution in [1.29, 1.82) is 0 Å². The Morgan fingerprint density at radius 2 is 1.67 bits per heavy atom. The zero-order chi connectivity index (χ0) is 12.8. The summed E-state index contributed by atoms with van der Waals surface area (Å²) in [6, 6.07) is 0. The molecule has 2 saturated carbocycles. The minimum absolute atomic E-state index is 0.417. The van der Waals surface area contributed by atoms with Gasteiger partial charge in [0.25, 0.3) is 0 Å². The van der Waals surface area contributed by atoms with Crippen LogP contribution in [0.4, 0.5) is 0 Å². The molecule has 2 aliphatic rings. The van der Waals surface area contributed by atoms with E-state index in [1.807, 2.05) is 7.11 Å². The Bertz CT molecular complexity index is 235. The van der Waals surface area contributed by atoms with E-state index in [1.54, 1.807) is 0 Å². The lowest BCUT2D eigenvalue weighted by molar-refractivity contribution is -0.0494. The molecule has 3 heteroatoms. The van der Waals surface area contributed by atoms with Crippen LogP contribution in [0.3, 0.4) is 0 Å². The van der Waals surface area contributed by atoms with Crippen LogP contribution in [0.5, 0.6) is 0 Å². The molecule has 0 aromatic heterocycles. The lowest BCUT2D eigenvalue weighted by Crippen LogP contribution is -2.33. The number of ether oxygens (including phenoxy) is 2. The summed E-state index contributed by atoms with van der Waals surface area (Å²) in [6.45, 7) is 1.75. The van der Waals surface area contributed by atoms with Crippen LogP contribution in [0.2, 0.25) is 0 Å². The molecule has 0 aromatic carbocycles. The molecule has 106 valence electrons. The number of methoxy groups -OCH3 is 1. The van der Waals surface area contributed by atoms with Crippen molar-refractivity contribution in [2.75, 3.05) is 20.3 Å². The van der Waals surface area contributed by atoms with Crippen LogP contribution >= 0.6 is 0 Å². The van der Waals surface area contributed by atoms with Gasteiger partial charge in [0.1, 0.15) is 0 Å². The van der Waals surface area contributed by atoms with E-state index in [1.165, 1.54) is 44.9 Å². The van der Waals surface area contributed by atoms with Crippen LogP contribution in [-0.4, -0.2) is 32.5 Å². The number of rotatable bonds is 5. The number of nitrogens with two attached hydrogens (primary N) is 1. The molecule has 0 aromatic rings. The third-order valence-corrected chi connectivity index (χ3v) is 4.83. The Balaban J connectivity index is 1.72. The van der Waals surface area contributed by atoms with E-state index in [-0.39, 0.29) is 0 Å². The summed E-state index contributed by atoms with van der Waals surface area (Å²) in [4.78, 5) is 0. The van der Waals surface area contributed by atoms with Crippen molar-refractivity contribution in [3.05, 3.63) is 0 Å². The van der Waals surface area contributed by atoms with E-state index >= 15 is 0 Å². The fourth-order valence-electron chi connectivity index (χ4n) is 3.54. The molecule has 0 saturated heterocycles. The van der Waals surface area contributed by atoms with Gasteiger partial charge in [0, 0.05) is 7.11 Å². The maximum Gasteiger partial charge on any atom is 0.0600 e. The summed E-state index contributed by atoms with van der Waals surface area (Å²) >= 11 is 0.